The van der Waals surface area contributed by atoms with Gasteiger partial charge in [-0.2, -0.15) is 0 Å². The Morgan fingerprint density at radius 3 is 2.82 bits per heavy atom. The number of pyridine rings is 1. The van der Waals surface area contributed by atoms with E-state index in [0.29, 0.717) is 6.29 Å². The van der Waals surface area contributed by atoms with Crippen molar-refractivity contribution in [2.75, 3.05) is 0 Å². The number of hydrogen-bond donors (Lipinski definition) is 1. The number of hydrogen-bond acceptors (Lipinski definition) is 3. The first-order valence-electron chi connectivity index (χ1n) is 3.00. The first-order valence-corrected chi connectivity index (χ1v) is 3.00. The van der Waals surface area contributed by atoms with E-state index in [2.05, 4.69) is 0 Å². The van der Waals surface area contributed by atoms with E-state index in [4.69, 9.17) is 5.11 Å². The lowest BCUT2D eigenvalue weighted by Gasteiger charge is -2.00. The van der Waals surface area contributed by atoms with E-state index in [0.717, 1.165) is 6.07 Å². The van der Waals surface area contributed by atoms with Gasteiger partial charge in [-0.25, -0.2) is 0 Å². The Balaban J connectivity index is 3.44. The van der Waals surface area contributed by atoms with Crippen molar-refractivity contribution in [3.8, 4) is 5.75 Å². The van der Waals surface area contributed by atoms with Gasteiger partial charge >= 0.3 is 0 Å². The highest BCUT2D eigenvalue weighted by Crippen LogP contribution is 1.99. The fourth-order valence-corrected chi connectivity index (χ4v) is 0.749. The van der Waals surface area contributed by atoms with Crippen LogP contribution in [0.1, 0.15) is 10.5 Å². The van der Waals surface area contributed by atoms with Crippen LogP contribution in [0.5, 0.6) is 5.75 Å². The number of nitrogens with zero attached hydrogens (tertiary/aromatic N) is 1. The molecule has 0 bridgehead atoms. The molecule has 0 unspecified atom stereocenters. The molecule has 0 aliphatic heterocycles. The molecule has 0 radical (unpaired) electrons. The zero-order valence-corrected chi connectivity index (χ0v) is 5.94. The van der Waals surface area contributed by atoms with Gasteiger partial charge in [0.05, 0.1) is 11.9 Å². The van der Waals surface area contributed by atoms with Crippen LogP contribution in [0.2, 0.25) is 0 Å². The highest BCUT2D eigenvalue weighted by molar-refractivity contribution is 5.72. The van der Waals surface area contributed by atoms with Gasteiger partial charge in [-0.15, -0.1) is 0 Å². The largest absolute Gasteiger partial charge is 0.503 e. The van der Waals surface area contributed by atoms with Gasteiger partial charge in [-0.3, -0.25) is 9.59 Å². The summed E-state index contributed by atoms with van der Waals surface area (Å²) in [5, 5.41) is 8.87. The number of aryl methyl sites for hydroxylation is 1. The van der Waals surface area contributed by atoms with Crippen LogP contribution in [0.4, 0.5) is 0 Å². The third-order valence-electron chi connectivity index (χ3n) is 1.38. The van der Waals surface area contributed by atoms with Crippen LogP contribution in [0.25, 0.3) is 0 Å². The topological polar surface area (TPSA) is 59.3 Å². The molecule has 1 rings (SSSR count). The molecule has 1 N–H and O–H groups in total. The average molecular weight is 153 g/mol. The van der Waals surface area contributed by atoms with Gasteiger partial charge in [0, 0.05) is 13.1 Å². The maximum Gasteiger partial charge on any atom is 0.223 e. The molecule has 1 aromatic heterocycles. The molecule has 0 atom stereocenters. The first-order chi connectivity index (χ1) is 5.15. The molecule has 0 aliphatic carbocycles. The molecule has 0 saturated carbocycles. The molecular weight excluding hydrogens is 146 g/mol. The lowest BCUT2D eigenvalue weighted by molar-refractivity contribution is 0.111. The van der Waals surface area contributed by atoms with Crippen molar-refractivity contribution in [2.24, 2.45) is 7.05 Å². The number of carbonyl (C=O) groups excluding carboxylic acids is 1. The fraction of sp³-hybridized carbons (Fsp3) is 0.143. The Labute approximate surface area is 62.7 Å². The number of aldehydes is 1. The van der Waals surface area contributed by atoms with Gasteiger partial charge in [0.1, 0.15) is 0 Å². The lowest BCUT2D eigenvalue weighted by Crippen LogP contribution is -2.08. The summed E-state index contributed by atoms with van der Waals surface area (Å²) in [6, 6.07) is 1.09. The molecule has 0 saturated heterocycles. The van der Waals surface area contributed by atoms with E-state index in [-0.39, 0.29) is 11.4 Å². The summed E-state index contributed by atoms with van der Waals surface area (Å²) in [5.41, 5.74) is -0.294. The van der Waals surface area contributed by atoms with E-state index in [1.54, 1.807) is 7.05 Å². The van der Waals surface area contributed by atoms with Crippen molar-refractivity contribution in [3.63, 3.8) is 0 Å². The highest BCUT2D eigenvalue weighted by Gasteiger charge is 2.00. The van der Waals surface area contributed by atoms with Crippen LogP contribution in [-0.4, -0.2) is 16.0 Å². The Morgan fingerprint density at radius 2 is 2.27 bits per heavy atom. The van der Waals surface area contributed by atoms with Crippen molar-refractivity contribution in [3.05, 3.63) is 28.2 Å². The van der Waals surface area contributed by atoms with Gasteiger partial charge in [0.2, 0.25) is 5.43 Å². The second kappa shape index (κ2) is 2.57. The van der Waals surface area contributed by atoms with Crippen LogP contribution in [-0.2, 0) is 7.05 Å². The van der Waals surface area contributed by atoms with Crippen molar-refractivity contribution >= 4 is 6.29 Å². The van der Waals surface area contributed by atoms with Gasteiger partial charge in [0.25, 0.3) is 0 Å². The molecule has 4 heteroatoms. The second-order valence-corrected chi connectivity index (χ2v) is 2.18. The number of carbonyl (C=O) groups is 1. The molecule has 1 heterocycles. The van der Waals surface area contributed by atoms with Gasteiger partial charge < -0.3 is 9.67 Å². The molecule has 0 aliphatic rings. The van der Waals surface area contributed by atoms with Crippen LogP contribution >= 0.6 is 0 Å². The van der Waals surface area contributed by atoms with Crippen LogP contribution in [0.15, 0.2) is 17.1 Å². The zero-order valence-electron chi connectivity index (χ0n) is 5.94. The highest BCUT2D eigenvalue weighted by atomic mass is 16.3. The Bertz CT molecular complexity index is 340. The summed E-state index contributed by atoms with van der Waals surface area (Å²) in [7, 11) is 1.57. The van der Waals surface area contributed by atoms with E-state index in [1.807, 2.05) is 0 Å². The summed E-state index contributed by atoms with van der Waals surface area (Å²) >= 11 is 0. The average Bonchev–Trinajstić information content (AvgIpc) is 1.97. The third kappa shape index (κ3) is 1.29. The molecule has 0 amide bonds. The molecular formula is C7H7NO3. The van der Waals surface area contributed by atoms with Crippen molar-refractivity contribution in [1.29, 1.82) is 0 Å². The van der Waals surface area contributed by atoms with Crippen LogP contribution in [0.3, 0.4) is 0 Å². The predicted octanol–water partition coefficient (Wildman–Crippen LogP) is -0.0966. The summed E-state index contributed by atoms with van der Waals surface area (Å²) in [4.78, 5) is 21.0. The summed E-state index contributed by atoms with van der Waals surface area (Å²) in [6.45, 7) is 0. The minimum Gasteiger partial charge on any atom is -0.503 e. The first kappa shape index (κ1) is 7.53. The van der Waals surface area contributed by atoms with Gasteiger partial charge in [0.15, 0.2) is 12.0 Å². The summed E-state index contributed by atoms with van der Waals surface area (Å²) < 4.78 is 1.38. The molecule has 0 fully saturated rings. The van der Waals surface area contributed by atoms with Crippen LogP contribution < -0.4 is 5.43 Å². The van der Waals surface area contributed by atoms with Gasteiger partial charge in [-0.05, 0) is 0 Å². The smallest absolute Gasteiger partial charge is 0.223 e. The molecule has 0 aromatic carbocycles. The Kier molecular flexibility index (Phi) is 1.76. The van der Waals surface area contributed by atoms with E-state index >= 15 is 0 Å². The maximum absolute atomic E-state index is 10.7. The maximum atomic E-state index is 10.7. The Morgan fingerprint density at radius 1 is 1.64 bits per heavy atom. The Hall–Kier alpha value is -1.58. The normalized spacial score (nSPS) is 9.55. The number of aromatic hydroxyl groups is 1. The molecule has 11 heavy (non-hydrogen) atoms. The van der Waals surface area contributed by atoms with Crippen molar-refractivity contribution in [2.45, 2.75) is 0 Å². The van der Waals surface area contributed by atoms with Crippen LogP contribution in [0, 0.1) is 0 Å². The molecule has 58 valence electrons. The second-order valence-electron chi connectivity index (χ2n) is 2.18. The monoisotopic (exact) mass is 153 g/mol. The number of aromatic nitrogens is 1. The minimum absolute atomic E-state index is 0.243. The van der Waals surface area contributed by atoms with Crippen molar-refractivity contribution < 1.29 is 9.90 Å². The third-order valence-corrected chi connectivity index (χ3v) is 1.38. The number of rotatable bonds is 1. The quantitative estimate of drug-likeness (QED) is 0.573. The molecule has 4 nitrogen and oxygen atoms in total. The standard InChI is InChI=1S/C7H7NO3/c1-8-3-7(11)6(10)2-5(8)4-9/h2-4,11H,1H3. The fourth-order valence-electron chi connectivity index (χ4n) is 0.749. The summed E-state index contributed by atoms with van der Waals surface area (Å²) in [5.74, 6) is -0.349. The van der Waals surface area contributed by atoms with E-state index in [1.165, 1.54) is 10.8 Å². The minimum atomic E-state index is -0.537. The van der Waals surface area contributed by atoms with E-state index < -0.39 is 5.43 Å². The SMILES string of the molecule is Cn1cc(O)c(=O)cc1C=O. The van der Waals surface area contributed by atoms with E-state index in [9.17, 15) is 9.59 Å². The lowest BCUT2D eigenvalue weighted by atomic mass is 10.3. The molecule has 0 spiro atoms. The summed E-state index contributed by atoms with van der Waals surface area (Å²) in [6.07, 6.45) is 1.76. The molecule has 1 aromatic rings. The predicted molar refractivity (Wildman–Crippen MR) is 38.7 cm³/mol. The zero-order chi connectivity index (χ0) is 8.43. The van der Waals surface area contributed by atoms with Gasteiger partial charge in [-0.1, -0.05) is 0 Å². The van der Waals surface area contributed by atoms with Crippen molar-refractivity contribution in [1.82, 2.24) is 4.57 Å².